The number of aromatic nitrogens is 2. The molecule has 0 amide bonds. The first-order valence-electron chi connectivity index (χ1n) is 9.22. The highest BCUT2D eigenvalue weighted by Crippen LogP contribution is 2.18. The van der Waals surface area contributed by atoms with Gasteiger partial charge in [-0.25, -0.2) is 4.98 Å². The van der Waals surface area contributed by atoms with Crippen molar-refractivity contribution in [2.75, 3.05) is 19.6 Å². The monoisotopic (exact) mass is 320 g/mol. The van der Waals surface area contributed by atoms with Gasteiger partial charge in [-0.1, -0.05) is 42.5 Å². The largest absolute Gasteiger partial charge is 0.333 e. The quantitative estimate of drug-likeness (QED) is 0.767. The minimum atomic E-state index is 0.908. The molecule has 2 aromatic carbocycles. The third kappa shape index (κ3) is 3.36. The molecule has 0 bridgehead atoms. The molecule has 1 aliphatic rings. The van der Waals surface area contributed by atoms with Crippen molar-refractivity contribution in [3.8, 4) is 0 Å². The predicted molar refractivity (Wildman–Crippen MR) is 98.4 cm³/mol. The van der Waals surface area contributed by atoms with Crippen LogP contribution < -0.4 is 4.90 Å². The molecule has 3 heteroatoms. The summed E-state index contributed by atoms with van der Waals surface area (Å²) >= 11 is 0. The lowest BCUT2D eigenvalue weighted by atomic mass is 10.1. The van der Waals surface area contributed by atoms with E-state index in [2.05, 4.69) is 59.2 Å². The summed E-state index contributed by atoms with van der Waals surface area (Å²) in [7, 11) is 0. The molecule has 0 spiro atoms. The fourth-order valence-electron chi connectivity index (χ4n) is 3.86. The van der Waals surface area contributed by atoms with Crippen molar-refractivity contribution in [1.82, 2.24) is 9.55 Å². The molecule has 1 aromatic heterocycles. The molecule has 2 heterocycles. The number of para-hydroxylation sites is 2. The van der Waals surface area contributed by atoms with Gasteiger partial charge in [0.2, 0.25) is 0 Å². The van der Waals surface area contributed by atoms with Gasteiger partial charge in [-0.2, -0.15) is 0 Å². The van der Waals surface area contributed by atoms with E-state index >= 15 is 0 Å². The van der Waals surface area contributed by atoms with Crippen LogP contribution in [-0.4, -0.2) is 29.2 Å². The first-order valence-corrected chi connectivity index (χ1v) is 9.22. The lowest BCUT2D eigenvalue weighted by Crippen LogP contribution is -3.13. The second-order valence-corrected chi connectivity index (χ2v) is 6.89. The summed E-state index contributed by atoms with van der Waals surface area (Å²) < 4.78 is 2.45. The summed E-state index contributed by atoms with van der Waals surface area (Å²) in [6, 6.07) is 19.2. The van der Waals surface area contributed by atoms with E-state index in [9.17, 15) is 0 Å². The summed E-state index contributed by atoms with van der Waals surface area (Å²) in [4.78, 5) is 6.68. The number of nitrogens with zero attached hydrogens (tertiary/aromatic N) is 2. The lowest BCUT2D eigenvalue weighted by Gasteiger charge is -2.24. The zero-order chi connectivity index (χ0) is 16.2. The van der Waals surface area contributed by atoms with E-state index in [4.69, 9.17) is 4.98 Å². The normalized spacial score (nSPS) is 15.8. The average Bonchev–Trinajstić information content (AvgIpc) is 2.99. The Morgan fingerprint density at radius 1 is 0.875 bits per heavy atom. The van der Waals surface area contributed by atoms with E-state index in [1.54, 1.807) is 4.90 Å². The van der Waals surface area contributed by atoms with Crippen LogP contribution in [0.15, 0.2) is 54.6 Å². The lowest BCUT2D eigenvalue weighted by molar-refractivity contribution is -0.905. The molecule has 0 saturated carbocycles. The van der Waals surface area contributed by atoms with Crippen molar-refractivity contribution in [2.24, 2.45) is 0 Å². The van der Waals surface area contributed by atoms with Crippen molar-refractivity contribution < 1.29 is 4.90 Å². The van der Waals surface area contributed by atoms with Crippen LogP contribution in [0, 0.1) is 0 Å². The highest BCUT2D eigenvalue weighted by molar-refractivity contribution is 5.76. The number of rotatable bonds is 5. The number of piperidine rings is 1. The maximum absolute atomic E-state index is 4.93. The molecule has 24 heavy (non-hydrogen) atoms. The molecule has 0 aliphatic carbocycles. The summed E-state index contributed by atoms with van der Waals surface area (Å²) in [5.41, 5.74) is 3.73. The van der Waals surface area contributed by atoms with Gasteiger partial charge in [-0.05, 0) is 37.0 Å². The highest BCUT2D eigenvalue weighted by Gasteiger charge is 2.16. The van der Waals surface area contributed by atoms with Crippen LogP contribution in [0.2, 0.25) is 0 Å². The molecule has 1 fully saturated rings. The Labute approximate surface area is 143 Å². The van der Waals surface area contributed by atoms with Gasteiger partial charge in [-0.15, -0.1) is 0 Å². The van der Waals surface area contributed by atoms with Crippen molar-refractivity contribution in [2.45, 2.75) is 32.2 Å². The molecule has 3 aromatic rings. The Bertz CT molecular complexity index is 785. The Morgan fingerprint density at radius 3 is 2.46 bits per heavy atom. The van der Waals surface area contributed by atoms with Crippen molar-refractivity contribution in [3.63, 3.8) is 0 Å². The summed E-state index contributed by atoms with van der Waals surface area (Å²) in [5, 5.41) is 0. The van der Waals surface area contributed by atoms with Crippen LogP contribution in [0.5, 0.6) is 0 Å². The predicted octanol–water partition coefficient (Wildman–Crippen LogP) is 2.70. The number of imidazole rings is 1. The summed E-state index contributed by atoms with van der Waals surface area (Å²) in [6.07, 6.45) is 5.09. The smallest absolute Gasteiger partial charge is 0.114 e. The molecule has 0 atom stereocenters. The Morgan fingerprint density at radius 2 is 1.62 bits per heavy atom. The molecule has 4 rings (SSSR count). The first kappa shape index (κ1) is 15.4. The number of nitrogens with one attached hydrogen (secondary N) is 1. The summed E-state index contributed by atoms with van der Waals surface area (Å²) in [5.74, 6) is 1.19. The van der Waals surface area contributed by atoms with Gasteiger partial charge < -0.3 is 9.47 Å². The second kappa shape index (κ2) is 7.18. The van der Waals surface area contributed by atoms with Gasteiger partial charge in [0, 0.05) is 6.42 Å². The molecule has 3 nitrogen and oxygen atoms in total. The zero-order valence-electron chi connectivity index (χ0n) is 14.2. The standard InChI is InChI=1S/C21H25N3/c1-3-9-18(10-4-1)17-21-22-19-11-5-6-12-20(19)24(21)16-15-23-13-7-2-8-14-23/h1,3-6,9-12H,2,7-8,13-17H2/p+1. The minimum absolute atomic E-state index is 0.908. The van der Waals surface area contributed by atoms with Gasteiger partial charge in [0.1, 0.15) is 5.82 Å². The minimum Gasteiger partial charge on any atom is -0.333 e. The van der Waals surface area contributed by atoms with Gasteiger partial charge in [0.15, 0.2) is 0 Å². The van der Waals surface area contributed by atoms with E-state index in [1.807, 2.05) is 0 Å². The molecule has 1 saturated heterocycles. The number of fused-ring (bicyclic) bond motifs is 1. The number of benzene rings is 2. The van der Waals surface area contributed by atoms with Crippen LogP contribution in [0.25, 0.3) is 11.0 Å². The van der Waals surface area contributed by atoms with Crippen LogP contribution in [-0.2, 0) is 13.0 Å². The molecule has 124 valence electrons. The zero-order valence-corrected chi connectivity index (χ0v) is 14.2. The van der Waals surface area contributed by atoms with Crippen molar-refractivity contribution in [1.29, 1.82) is 0 Å². The number of quaternary nitrogens is 1. The topological polar surface area (TPSA) is 22.3 Å². The third-order valence-corrected chi connectivity index (χ3v) is 5.19. The molecule has 1 N–H and O–H groups in total. The van der Waals surface area contributed by atoms with E-state index < -0.39 is 0 Å². The fourth-order valence-corrected chi connectivity index (χ4v) is 3.86. The molecular formula is C21H26N3+. The molecule has 0 unspecified atom stereocenters. The van der Waals surface area contributed by atoms with Crippen LogP contribution in [0.3, 0.4) is 0 Å². The van der Waals surface area contributed by atoms with Crippen LogP contribution in [0.1, 0.15) is 30.7 Å². The number of likely N-dealkylation sites (tertiary alicyclic amines) is 1. The van der Waals surface area contributed by atoms with Gasteiger partial charge in [0.25, 0.3) is 0 Å². The average molecular weight is 320 g/mol. The van der Waals surface area contributed by atoms with Crippen LogP contribution >= 0.6 is 0 Å². The van der Waals surface area contributed by atoms with E-state index in [0.29, 0.717) is 0 Å². The fraction of sp³-hybridized carbons (Fsp3) is 0.381. The van der Waals surface area contributed by atoms with E-state index in [0.717, 1.165) is 18.5 Å². The number of hydrogen-bond donors (Lipinski definition) is 1. The molecule has 0 radical (unpaired) electrons. The van der Waals surface area contributed by atoms with Crippen LogP contribution in [0.4, 0.5) is 0 Å². The maximum Gasteiger partial charge on any atom is 0.114 e. The SMILES string of the molecule is c1ccc(Cc2nc3ccccc3n2CC[NH+]2CCCCC2)cc1. The Balaban J connectivity index is 1.60. The summed E-state index contributed by atoms with van der Waals surface area (Å²) in [6.45, 7) is 4.95. The van der Waals surface area contributed by atoms with E-state index in [1.165, 1.54) is 55.8 Å². The van der Waals surface area contributed by atoms with Gasteiger partial charge in [-0.3, -0.25) is 0 Å². The molecular weight excluding hydrogens is 294 g/mol. The number of hydrogen-bond acceptors (Lipinski definition) is 1. The van der Waals surface area contributed by atoms with Crippen molar-refractivity contribution in [3.05, 3.63) is 66.0 Å². The Kier molecular flexibility index (Phi) is 4.61. The first-order chi connectivity index (χ1) is 11.9. The van der Waals surface area contributed by atoms with Crippen molar-refractivity contribution >= 4 is 11.0 Å². The van der Waals surface area contributed by atoms with E-state index in [-0.39, 0.29) is 0 Å². The second-order valence-electron chi connectivity index (χ2n) is 6.89. The highest BCUT2D eigenvalue weighted by atomic mass is 15.2. The molecule has 1 aliphatic heterocycles. The van der Waals surface area contributed by atoms with Gasteiger partial charge >= 0.3 is 0 Å². The Hall–Kier alpha value is -2.13. The maximum atomic E-state index is 4.93. The van der Waals surface area contributed by atoms with Gasteiger partial charge in [0.05, 0.1) is 37.2 Å². The third-order valence-electron chi connectivity index (χ3n) is 5.19.